The Bertz CT molecular complexity index is 981. The summed E-state index contributed by atoms with van der Waals surface area (Å²) in [6, 6.07) is 7.29. The second kappa shape index (κ2) is 8.45. The van der Waals surface area contributed by atoms with Gasteiger partial charge in [0, 0.05) is 18.0 Å². The lowest BCUT2D eigenvalue weighted by molar-refractivity contribution is -0.137. The van der Waals surface area contributed by atoms with Crippen molar-refractivity contribution < 1.29 is 26.4 Å². The van der Waals surface area contributed by atoms with Gasteiger partial charge in [0.2, 0.25) is 5.91 Å². The van der Waals surface area contributed by atoms with Crippen LogP contribution in [0.25, 0.3) is 0 Å². The molecule has 1 aliphatic heterocycles. The van der Waals surface area contributed by atoms with E-state index in [1.54, 1.807) is 13.0 Å². The molecule has 1 fully saturated rings. The number of carbonyl (C=O) groups is 1. The highest BCUT2D eigenvalue weighted by molar-refractivity contribution is 7.91. The van der Waals surface area contributed by atoms with Crippen molar-refractivity contribution >= 4 is 27.3 Å². The first-order valence-corrected chi connectivity index (χ1v) is 11.4. The summed E-state index contributed by atoms with van der Waals surface area (Å²) in [5, 5.41) is 2.67. The van der Waals surface area contributed by atoms with Crippen LogP contribution in [0.4, 0.5) is 13.2 Å². The summed E-state index contributed by atoms with van der Waals surface area (Å²) in [5.41, 5.74) is -0.428. The fourth-order valence-electron chi connectivity index (χ4n) is 3.17. The second-order valence-corrected chi connectivity index (χ2v) is 10.3. The molecule has 10 heteroatoms. The molecule has 158 valence electrons. The Morgan fingerprint density at radius 3 is 2.55 bits per heavy atom. The smallest absolute Gasteiger partial charge is 0.349 e. The van der Waals surface area contributed by atoms with Crippen molar-refractivity contribution in [3.8, 4) is 0 Å². The molecule has 2 aromatic rings. The average molecular weight is 447 g/mol. The number of alkyl halides is 3. The van der Waals surface area contributed by atoms with E-state index >= 15 is 0 Å². The molecular weight excluding hydrogens is 425 g/mol. The Kier molecular flexibility index (Phi) is 6.35. The van der Waals surface area contributed by atoms with Gasteiger partial charge >= 0.3 is 6.18 Å². The predicted molar refractivity (Wildman–Crippen MR) is 104 cm³/mol. The van der Waals surface area contributed by atoms with Crippen LogP contribution < -0.4 is 5.32 Å². The molecule has 1 atom stereocenters. The molecule has 1 aliphatic rings. The minimum atomic E-state index is -4.45. The number of amides is 1. The van der Waals surface area contributed by atoms with E-state index in [1.807, 2.05) is 0 Å². The number of nitrogens with one attached hydrogen (secondary N) is 1. The van der Waals surface area contributed by atoms with E-state index in [0.717, 1.165) is 36.3 Å². The van der Waals surface area contributed by atoms with E-state index in [2.05, 4.69) is 5.32 Å². The summed E-state index contributed by atoms with van der Waals surface area (Å²) < 4.78 is 65.3. The standard InChI is InChI=1S/C19H21F3N2O3S2/c1-13(14-5-4-6-15(11-14)19(20,21)22)23-17(25)12-16-7-8-18(28-16)29(26,27)24-9-2-3-10-24/h4-8,11,13H,2-3,9-10,12H2,1H3,(H,23,25). The van der Waals surface area contributed by atoms with Crippen molar-refractivity contribution in [1.29, 1.82) is 0 Å². The van der Waals surface area contributed by atoms with E-state index in [4.69, 9.17) is 0 Å². The molecule has 1 aromatic heterocycles. The van der Waals surface area contributed by atoms with Crippen molar-refractivity contribution in [3.63, 3.8) is 0 Å². The zero-order chi connectivity index (χ0) is 21.2. The average Bonchev–Trinajstić information content (AvgIpc) is 3.33. The van der Waals surface area contributed by atoms with Crippen molar-refractivity contribution in [3.05, 3.63) is 52.4 Å². The minimum absolute atomic E-state index is 0.0382. The quantitative estimate of drug-likeness (QED) is 0.730. The van der Waals surface area contributed by atoms with Gasteiger partial charge in [-0.15, -0.1) is 11.3 Å². The molecule has 1 N–H and O–H groups in total. The van der Waals surface area contributed by atoms with Crippen LogP contribution in [-0.4, -0.2) is 31.7 Å². The fourth-order valence-corrected chi connectivity index (χ4v) is 6.19. The van der Waals surface area contributed by atoms with Gasteiger partial charge in [-0.25, -0.2) is 8.42 Å². The van der Waals surface area contributed by atoms with Gasteiger partial charge in [0.1, 0.15) is 4.21 Å². The highest BCUT2D eigenvalue weighted by Crippen LogP contribution is 2.31. The zero-order valence-corrected chi connectivity index (χ0v) is 17.3. The maximum absolute atomic E-state index is 12.9. The van der Waals surface area contributed by atoms with Crippen LogP contribution in [0.5, 0.6) is 0 Å². The normalized spacial score (nSPS) is 16.7. The molecule has 2 heterocycles. The van der Waals surface area contributed by atoms with Gasteiger partial charge in [0.05, 0.1) is 18.0 Å². The number of sulfonamides is 1. The summed E-state index contributed by atoms with van der Waals surface area (Å²) >= 11 is 1.04. The van der Waals surface area contributed by atoms with E-state index < -0.39 is 27.8 Å². The van der Waals surface area contributed by atoms with Crippen molar-refractivity contribution in [2.24, 2.45) is 0 Å². The Morgan fingerprint density at radius 1 is 1.21 bits per heavy atom. The van der Waals surface area contributed by atoms with Crippen LogP contribution in [0.15, 0.2) is 40.6 Å². The number of hydrogen-bond acceptors (Lipinski definition) is 4. The Labute approximate surface area is 171 Å². The van der Waals surface area contributed by atoms with Gasteiger partial charge in [0.15, 0.2) is 0 Å². The van der Waals surface area contributed by atoms with E-state index in [0.29, 0.717) is 23.5 Å². The SMILES string of the molecule is CC(NC(=O)Cc1ccc(S(=O)(=O)N2CCCC2)s1)c1cccc(C(F)(F)F)c1. The predicted octanol–water partition coefficient (Wildman–Crippen LogP) is 3.97. The maximum Gasteiger partial charge on any atom is 0.416 e. The Hall–Kier alpha value is -1.91. The highest BCUT2D eigenvalue weighted by atomic mass is 32.2. The van der Waals surface area contributed by atoms with Gasteiger partial charge in [-0.2, -0.15) is 17.5 Å². The van der Waals surface area contributed by atoms with Gasteiger partial charge in [-0.1, -0.05) is 12.1 Å². The Balaban J connectivity index is 1.63. The largest absolute Gasteiger partial charge is 0.416 e. The number of nitrogens with zero attached hydrogens (tertiary/aromatic N) is 1. The monoisotopic (exact) mass is 446 g/mol. The highest BCUT2D eigenvalue weighted by Gasteiger charge is 2.31. The first-order valence-electron chi connectivity index (χ1n) is 9.13. The summed E-state index contributed by atoms with van der Waals surface area (Å²) in [5.74, 6) is -0.387. The number of carbonyl (C=O) groups excluding carboxylic acids is 1. The number of hydrogen-bond donors (Lipinski definition) is 1. The number of thiophene rings is 1. The topological polar surface area (TPSA) is 66.5 Å². The molecule has 0 aliphatic carbocycles. The molecule has 0 radical (unpaired) electrons. The molecule has 1 saturated heterocycles. The first kappa shape index (κ1) is 21.8. The van der Waals surface area contributed by atoms with E-state index in [9.17, 15) is 26.4 Å². The van der Waals surface area contributed by atoms with E-state index in [-0.39, 0.29) is 16.5 Å². The van der Waals surface area contributed by atoms with Gasteiger partial charge < -0.3 is 5.32 Å². The summed E-state index contributed by atoms with van der Waals surface area (Å²) in [6.45, 7) is 2.61. The molecular formula is C19H21F3N2O3S2. The van der Waals surface area contributed by atoms with Crippen molar-refractivity contribution in [2.45, 2.75) is 42.6 Å². The molecule has 0 saturated carbocycles. The van der Waals surface area contributed by atoms with Crippen LogP contribution in [0.2, 0.25) is 0 Å². The third-order valence-corrected chi connectivity index (χ3v) is 8.17. The molecule has 1 amide bonds. The van der Waals surface area contributed by atoms with E-state index in [1.165, 1.54) is 22.5 Å². The minimum Gasteiger partial charge on any atom is -0.349 e. The lowest BCUT2D eigenvalue weighted by atomic mass is 10.0. The van der Waals surface area contributed by atoms with Crippen molar-refractivity contribution in [1.82, 2.24) is 9.62 Å². The fraction of sp³-hybridized carbons (Fsp3) is 0.421. The molecule has 5 nitrogen and oxygen atoms in total. The van der Waals surface area contributed by atoms with Crippen LogP contribution in [0.1, 0.15) is 41.8 Å². The lowest BCUT2D eigenvalue weighted by Crippen LogP contribution is -2.28. The summed E-state index contributed by atoms with van der Waals surface area (Å²) in [4.78, 5) is 12.9. The van der Waals surface area contributed by atoms with Crippen LogP contribution in [-0.2, 0) is 27.4 Å². The third kappa shape index (κ3) is 5.18. The second-order valence-electron chi connectivity index (χ2n) is 6.92. The first-order chi connectivity index (χ1) is 13.6. The Morgan fingerprint density at radius 2 is 1.90 bits per heavy atom. The zero-order valence-electron chi connectivity index (χ0n) is 15.7. The van der Waals surface area contributed by atoms with Gasteiger partial charge in [0.25, 0.3) is 10.0 Å². The molecule has 0 spiro atoms. The summed E-state index contributed by atoms with van der Waals surface area (Å²) in [7, 11) is -3.52. The van der Waals surface area contributed by atoms with Crippen LogP contribution >= 0.6 is 11.3 Å². The molecule has 3 rings (SSSR count). The molecule has 29 heavy (non-hydrogen) atoms. The molecule has 1 unspecified atom stereocenters. The number of benzene rings is 1. The van der Waals surface area contributed by atoms with Crippen LogP contribution in [0.3, 0.4) is 0 Å². The molecule has 0 bridgehead atoms. The molecule has 1 aromatic carbocycles. The van der Waals surface area contributed by atoms with Crippen molar-refractivity contribution in [2.75, 3.05) is 13.1 Å². The van der Waals surface area contributed by atoms with Gasteiger partial charge in [-0.3, -0.25) is 4.79 Å². The van der Waals surface area contributed by atoms with Gasteiger partial charge in [-0.05, 0) is 49.6 Å². The maximum atomic E-state index is 12.9. The van der Waals surface area contributed by atoms with Crippen LogP contribution in [0, 0.1) is 0 Å². The number of halogens is 3. The lowest BCUT2D eigenvalue weighted by Gasteiger charge is -2.16. The summed E-state index contributed by atoms with van der Waals surface area (Å²) in [6.07, 6.45) is -2.81. The third-order valence-electron chi connectivity index (χ3n) is 4.72. The number of rotatable bonds is 6.